The lowest BCUT2D eigenvalue weighted by Gasteiger charge is -2.03. The summed E-state index contributed by atoms with van der Waals surface area (Å²) in [6.45, 7) is 11.8. The highest BCUT2D eigenvalue weighted by Crippen LogP contribution is 1.99. The zero-order valence-electron chi connectivity index (χ0n) is 13.8. The van der Waals surface area contributed by atoms with E-state index in [0.717, 1.165) is 39.3 Å². The van der Waals surface area contributed by atoms with Crippen molar-refractivity contribution in [2.45, 2.75) is 53.4 Å². The predicted octanol–water partition coefficient (Wildman–Crippen LogP) is 4.92. The van der Waals surface area contributed by atoms with Gasteiger partial charge in [0.1, 0.15) is 0 Å². The largest absolute Gasteiger partial charge is 0.379 e. The van der Waals surface area contributed by atoms with Crippen LogP contribution in [-0.2, 0) is 9.47 Å². The Morgan fingerprint density at radius 1 is 0.650 bits per heavy atom. The van der Waals surface area contributed by atoms with Crippen molar-refractivity contribution in [3.63, 3.8) is 0 Å². The smallest absolute Gasteiger partial charge is 0.0700 e. The van der Waals surface area contributed by atoms with Crippen molar-refractivity contribution in [3.8, 4) is 0 Å². The Bertz CT molecular complexity index is 262. The maximum absolute atomic E-state index is 5.33. The number of rotatable bonds is 9. The maximum atomic E-state index is 5.33. The Morgan fingerprint density at radius 2 is 1.00 bits per heavy atom. The molecule has 116 valence electrons. The van der Waals surface area contributed by atoms with Crippen LogP contribution < -0.4 is 0 Å². The van der Waals surface area contributed by atoms with Crippen LogP contribution in [0.4, 0.5) is 0 Å². The Kier molecular flexibility index (Phi) is 13.9. The van der Waals surface area contributed by atoms with E-state index in [1.54, 1.807) is 0 Å². The summed E-state index contributed by atoms with van der Waals surface area (Å²) in [6, 6.07) is 8.48. The van der Waals surface area contributed by atoms with Gasteiger partial charge in [0, 0.05) is 13.2 Å². The fourth-order valence-corrected chi connectivity index (χ4v) is 1.45. The molecule has 0 N–H and O–H groups in total. The van der Waals surface area contributed by atoms with Crippen molar-refractivity contribution in [2.75, 3.05) is 26.4 Å². The quantitative estimate of drug-likeness (QED) is 0.597. The van der Waals surface area contributed by atoms with Crippen molar-refractivity contribution < 1.29 is 9.47 Å². The van der Waals surface area contributed by atoms with Crippen LogP contribution in [0.1, 0.15) is 50.7 Å². The summed E-state index contributed by atoms with van der Waals surface area (Å²) in [6.07, 6.45) is 4.73. The third-order valence-corrected chi connectivity index (χ3v) is 2.87. The van der Waals surface area contributed by atoms with Crippen LogP contribution in [0.15, 0.2) is 24.3 Å². The number of ether oxygens (including phenoxy) is 2. The molecule has 1 aromatic rings. The molecule has 0 aliphatic heterocycles. The average molecular weight is 280 g/mol. The number of aryl methyl sites for hydroxylation is 2. The molecule has 0 aliphatic rings. The van der Waals surface area contributed by atoms with Crippen LogP contribution in [0.3, 0.4) is 0 Å². The molecule has 0 heterocycles. The van der Waals surface area contributed by atoms with Gasteiger partial charge in [0.15, 0.2) is 0 Å². The lowest BCUT2D eigenvalue weighted by atomic mass is 10.2. The number of hydrogen-bond donors (Lipinski definition) is 0. The number of hydrogen-bond acceptors (Lipinski definition) is 2. The standard InChI is InChI=1S/C10H22O2.C8H10/c1-3-5-7-11-9-10-12-8-6-4-2;1-7-3-5-8(2)6-4-7/h3-10H2,1-2H3;3-6H,1-2H3. The van der Waals surface area contributed by atoms with Gasteiger partial charge in [-0.3, -0.25) is 0 Å². The van der Waals surface area contributed by atoms with E-state index in [0.29, 0.717) is 0 Å². The highest BCUT2D eigenvalue weighted by atomic mass is 16.5. The molecule has 0 fully saturated rings. The normalized spacial score (nSPS) is 10.0. The topological polar surface area (TPSA) is 18.5 Å². The first-order chi connectivity index (χ1) is 9.70. The minimum Gasteiger partial charge on any atom is -0.379 e. The molecule has 20 heavy (non-hydrogen) atoms. The van der Waals surface area contributed by atoms with Gasteiger partial charge in [-0.15, -0.1) is 0 Å². The molecule has 2 nitrogen and oxygen atoms in total. The summed E-state index contributed by atoms with van der Waals surface area (Å²) in [5.74, 6) is 0. The van der Waals surface area contributed by atoms with Crippen LogP contribution in [0.2, 0.25) is 0 Å². The van der Waals surface area contributed by atoms with Crippen molar-refractivity contribution in [1.29, 1.82) is 0 Å². The molecule has 0 spiro atoms. The molecule has 0 saturated carbocycles. The molecule has 0 saturated heterocycles. The van der Waals surface area contributed by atoms with Gasteiger partial charge >= 0.3 is 0 Å². The monoisotopic (exact) mass is 280 g/mol. The van der Waals surface area contributed by atoms with Crippen LogP contribution in [-0.4, -0.2) is 26.4 Å². The van der Waals surface area contributed by atoms with Gasteiger partial charge in [0.25, 0.3) is 0 Å². The molecule has 0 atom stereocenters. The highest BCUT2D eigenvalue weighted by molar-refractivity contribution is 5.19. The zero-order valence-corrected chi connectivity index (χ0v) is 13.8. The fraction of sp³-hybridized carbons (Fsp3) is 0.667. The molecule has 2 heteroatoms. The van der Waals surface area contributed by atoms with Crippen LogP contribution in [0, 0.1) is 13.8 Å². The van der Waals surface area contributed by atoms with E-state index in [1.807, 2.05) is 0 Å². The average Bonchev–Trinajstić information content (AvgIpc) is 2.46. The molecule has 0 aromatic heterocycles. The summed E-state index contributed by atoms with van der Waals surface area (Å²) >= 11 is 0. The molecule has 0 amide bonds. The van der Waals surface area contributed by atoms with Gasteiger partial charge in [-0.2, -0.15) is 0 Å². The first kappa shape index (κ1) is 19.1. The third-order valence-electron chi connectivity index (χ3n) is 2.87. The third kappa shape index (κ3) is 13.6. The van der Waals surface area contributed by atoms with E-state index in [4.69, 9.17) is 9.47 Å². The number of benzene rings is 1. The van der Waals surface area contributed by atoms with Gasteiger partial charge in [0.2, 0.25) is 0 Å². The van der Waals surface area contributed by atoms with Gasteiger partial charge in [0.05, 0.1) is 13.2 Å². The van der Waals surface area contributed by atoms with E-state index in [2.05, 4.69) is 52.0 Å². The fourth-order valence-electron chi connectivity index (χ4n) is 1.45. The highest BCUT2D eigenvalue weighted by Gasteiger charge is 1.88. The lowest BCUT2D eigenvalue weighted by Crippen LogP contribution is -2.05. The Morgan fingerprint density at radius 3 is 1.30 bits per heavy atom. The van der Waals surface area contributed by atoms with Crippen molar-refractivity contribution in [2.24, 2.45) is 0 Å². The summed E-state index contributed by atoms with van der Waals surface area (Å²) in [5, 5.41) is 0. The second-order valence-corrected chi connectivity index (χ2v) is 5.09. The van der Waals surface area contributed by atoms with Gasteiger partial charge in [-0.25, -0.2) is 0 Å². The van der Waals surface area contributed by atoms with E-state index in [1.165, 1.54) is 24.0 Å². The first-order valence-electron chi connectivity index (χ1n) is 7.89. The summed E-state index contributed by atoms with van der Waals surface area (Å²) in [4.78, 5) is 0. The van der Waals surface area contributed by atoms with Gasteiger partial charge in [-0.1, -0.05) is 62.1 Å². The van der Waals surface area contributed by atoms with Crippen molar-refractivity contribution in [1.82, 2.24) is 0 Å². The predicted molar refractivity (Wildman–Crippen MR) is 87.4 cm³/mol. The summed E-state index contributed by atoms with van der Waals surface area (Å²) < 4.78 is 10.7. The Labute approximate surface area is 125 Å². The van der Waals surface area contributed by atoms with E-state index in [9.17, 15) is 0 Å². The molecule has 1 rings (SSSR count). The molecule has 1 aromatic carbocycles. The van der Waals surface area contributed by atoms with Gasteiger partial charge in [-0.05, 0) is 26.7 Å². The molecule has 0 unspecified atom stereocenters. The number of unbranched alkanes of at least 4 members (excludes halogenated alkanes) is 2. The zero-order chi connectivity index (χ0) is 15.1. The summed E-state index contributed by atoms with van der Waals surface area (Å²) in [5.41, 5.74) is 2.66. The maximum Gasteiger partial charge on any atom is 0.0700 e. The lowest BCUT2D eigenvalue weighted by molar-refractivity contribution is 0.0457. The Balaban J connectivity index is 0.000000388. The second kappa shape index (κ2) is 14.5. The SMILES string of the molecule is CCCCOCCOCCCC.Cc1ccc(C)cc1. The summed E-state index contributed by atoms with van der Waals surface area (Å²) in [7, 11) is 0. The van der Waals surface area contributed by atoms with Crippen molar-refractivity contribution in [3.05, 3.63) is 35.4 Å². The molecular formula is C18H32O2. The van der Waals surface area contributed by atoms with E-state index < -0.39 is 0 Å². The molecule has 0 aliphatic carbocycles. The Hall–Kier alpha value is -0.860. The molecule has 0 bridgehead atoms. The van der Waals surface area contributed by atoms with Crippen LogP contribution in [0.25, 0.3) is 0 Å². The van der Waals surface area contributed by atoms with E-state index in [-0.39, 0.29) is 0 Å². The van der Waals surface area contributed by atoms with Crippen LogP contribution >= 0.6 is 0 Å². The first-order valence-corrected chi connectivity index (χ1v) is 7.89. The van der Waals surface area contributed by atoms with Crippen molar-refractivity contribution >= 4 is 0 Å². The molecule has 0 radical (unpaired) electrons. The van der Waals surface area contributed by atoms with Gasteiger partial charge < -0.3 is 9.47 Å². The minimum absolute atomic E-state index is 0.754. The van der Waals surface area contributed by atoms with Crippen LogP contribution in [0.5, 0.6) is 0 Å². The van der Waals surface area contributed by atoms with E-state index >= 15 is 0 Å². The second-order valence-electron chi connectivity index (χ2n) is 5.09. The minimum atomic E-state index is 0.754. The molecular weight excluding hydrogens is 248 g/mol.